The number of nitrogens with zero attached hydrogens (tertiary/aromatic N) is 1. The van der Waals surface area contributed by atoms with Gasteiger partial charge in [-0.1, -0.05) is 60.7 Å². The van der Waals surface area contributed by atoms with Gasteiger partial charge in [0.05, 0.1) is 0 Å². The van der Waals surface area contributed by atoms with Crippen LogP contribution in [0, 0.1) is 0 Å². The summed E-state index contributed by atoms with van der Waals surface area (Å²) < 4.78 is 13.3. The Kier molecular flexibility index (Phi) is 5.56. The summed E-state index contributed by atoms with van der Waals surface area (Å²) in [5, 5.41) is 2.25. The molecule has 19 heavy (non-hydrogen) atoms. The number of benzene rings is 2. The summed E-state index contributed by atoms with van der Waals surface area (Å²) in [4.78, 5) is 4.91. The molecule has 0 heterocycles. The third kappa shape index (κ3) is 3.65. The second kappa shape index (κ2) is 7.42. The van der Waals surface area contributed by atoms with Crippen LogP contribution in [0.4, 0.5) is 3.89 Å². The quantitative estimate of drug-likeness (QED) is 0.469. The minimum Gasteiger partial charge on any atom is -0.275 e. The summed E-state index contributed by atoms with van der Waals surface area (Å²) in [5.41, 5.74) is 0. The smallest absolute Gasteiger partial charge is 0.132 e. The average molecular weight is 291 g/mol. The Morgan fingerprint density at radius 1 is 1.00 bits per heavy atom. The first-order valence-electron chi connectivity index (χ1n) is 6.10. The largest absolute Gasteiger partial charge is 0.275 e. The van der Waals surface area contributed by atoms with Crippen molar-refractivity contribution in [1.82, 2.24) is 0 Å². The average Bonchev–Trinajstić information content (AvgIpc) is 2.49. The molecule has 0 aliphatic carbocycles. The Morgan fingerprint density at radius 3 is 1.84 bits per heavy atom. The van der Waals surface area contributed by atoms with E-state index in [1.165, 1.54) is 0 Å². The Bertz CT molecular complexity index is 491. The van der Waals surface area contributed by atoms with Gasteiger partial charge in [0, 0.05) is 14.5 Å². The van der Waals surface area contributed by atoms with E-state index in [1.54, 1.807) is 0 Å². The van der Waals surface area contributed by atoms with Crippen LogP contribution in [0.15, 0.2) is 65.7 Å². The van der Waals surface area contributed by atoms with Crippen LogP contribution in [-0.4, -0.2) is 11.3 Å². The molecule has 0 amide bonds. The summed E-state index contributed by atoms with van der Waals surface area (Å²) in [6, 6.07) is 20.1. The molecule has 98 valence electrons. The molecule has 2 aromatic rings. The predicted octanol–water partition coefficient (Wildman–Crippen LogP) is 4.11. The number of hydrogen-bond donors (Lipinski definition) is 0. The minimum atomic E-state index is -0.882. The van der Waals surface area contributed by atoms with Crippen molar-refractivity contribution in [2.75, 3.05) is 6.54 Å². The van der Waals surface area contributed by atoms with E-state index in [4.69, 9.17) is 0 Å². The maximum absolute atomic E-state index is 13.3. The van der Waals surface area contributed by atoms with Gasteiger partial charge in [0.1, 0.15) is 16.9 Å². The standard InChI is InChI=1S/C15H15FNPS/c1-2-17-15(19-16)18(13-9-5-3-6-10-13)14-11-7-4-8-12-14/h3-12H,2H2,1H3/b17-15-. The fraction of sp³-hybridized carbons (Fsp3) is 0.133. The topological polar surface area (TPSA) is 12.4 Å². The fourth-order valence-corrected chi connectivity index (χ4v) is 4.84. The molecule has 0 saturated heterocycles. The van der Waals surface area contributed by atoms with Crippen molar-refractivity contribution in [2.24, 2.45) is 4.99 Å². The van der Waals surface area contributed by atoms with Crippen LogP contribution in [0.2, 0.25) is 0 Å². The first-order valence-corrected chi connectivity index (χ1v) is 8.16. The van der Waals surface area contributed by atoms with Crippen LogP contribution >= 0.6 is 20.1 Å². The summed E-state index contributed by atoms with van der Waals surface area (Å²) in [6.07, 6.45) is 0. The number of halogens is 1. The van der Waals surface area contributed by atoms with Gasteiger partial charge in [-0.15, -0.1) is 0 Å². The number of rotatable bonds is 4. The van der Waals surface area contributed by atoms with Gasteiger partial charge in [-0.25, -0.2) is 0 Å². The van der Waals surface area contributed by atoms with Crippen molar-refractivity contribution in [2.45, 2.75) is 6.92 Å². The maximum Gasteiger partial charge on any atom is 0.132 e. The lowest BCUT2D eigenvalue weighted by Crippen LogP contribution is -2.16. The van der Waals surface area contributed by atoms with Gasteiger partial charge in [-0.05, 0) is 17.5 Å². The third-order valence-corrected chi connectivity index (χ3v) is 5.76. The molecule has 1 nitrogen and oxygen atoms in total. The summed E-state index contributed by atoms with van der Waals surface area (Å²) in [6.45, 7) is 2.53. The molecule has 0 bridgehead atoms. The molecule has 0 radical (unpaired) electrons. The maximum atomic E-state index is 13.3. The zero-order chi connectivity index (χ0) is 13.5. The molecule has 4 heteroatoms. The lowest BCUT2D eigenvalue weighted by Gasteiger charge is -2.18. The normalized spacial score (nSPS) is 11.8. The lowest BCUT2D eigenvalue weighted by molar-refractivity contribution is 0.950. The van der Waals surface area contributed by atoms with Crippen LogP contribution in [0.1, 0.15) is 6.92 Å². The molecule has 0 spiro atoms. The number of aliphatic imine (C=N–C) groups is 1. The second-order valence-corrected chi connectivity index (χ2v) is 6.81. The van der Waals surface area contributed by atoms with Crippen molar-refractivity contribution in [3.8, 4) is 0 Å². The Balaban J connectivity index is 2.48. The molecule has 0 fully saturated rings. The van der Waals surface area contributed by atoms with Crippen LogP contribution in [0.25, 0.3) is 0 Å². The van der Waals surface area contributed by atoms with Gasteiger partial charge < -0.3 is 0 Å². The van der Waals surface area contributed by atoms with Gasteiger partial charge >= 0.3 is 0 Å². The molecule has 0 aliphatic rings. The Hall–Kier alpha value is -1.18. The van der Waals surface area contributed by atoms with Gasteiger partial charge in [0.2, 0.25) is 0 Å². The van der Waals surface area contributed by atoms with Crippen molar-refractivity contribution < 1.29 is 3.89 Å². The highest BCUT2D eigenvalue weighted by atomic mass is 32.2. The highest BCUT2D eigenvalue weighted by Gasteiger charge is 2.20. The molecule has 0 unspecified atom stereocenters. The molecule has 0 aromatic heterocycles. The van der Waals surface area contributed by atoms with E-state index >= 15 is 0 Å². The van der Waals surface area contributed by atoms with Crippen molar-refractivity contribution >= 4 is 35.5 Å². The molecular weight excluding hydrogens is 276 g/mol. The van der Waals surface area contributed by atoms with E-state index in [0.717, 1.165) is 10.6 Å². The van der Waals surface area contributed by atoms with Gasteiger partial charge in [0.15, 0.2) is 0 Å². The van der Waals surface area contributed by atoms with Crippen LogP contribution in [0.3, 0.4) is 0 Å². The monoisotopic (exact) mass is 291 g/mol. The Morgan fingerprint density at radius 2 is 1.47 bits per heavy atom. The molecule has 2 rings (SSSR count). The molecule has 0 N–H and O–H groups in total. The summed E-state index contributed by atoms with van der Waals surface area (Å²) in [7, 11) is -0.882. The highest BCUT2D eigenvalue weighted by Crippen LogP contribution is 2.40. The summed E-state index contributed by atoms with van der Waals surface area (Å²) in [5.74, 6) is 0. The van der Waals surface area contributed by atoms with Gasteiger partial charge in [-0.3, -0.25) is 4.99 Å². The van der Waals surface area contributed by atoms with Gasteiger partial charge in [0.25, 0.3) is 0 Å². The second-order valence-electron chi connectivity index (χ2n) is 3.84. The van der Waals surface area contributed by atoms with Crippen molar-refractivity contribution in [1.29, 1.82) is 0 Å². The van der Waals surface area contributed by atoms with Crippen LogP contribution < -0.4 is 10.6 Å². The zero-order valence-corrected chi connectivity index (χ0v) is 12.4. The number of hydrogen-bond acceptors (Lipinski definition) is 2. The zero-order valence-electron chi connectivity index (χ0n) is 10.7. The summed E-state index contributed by atoms with van der Waals surface area (Å²) >= 11 is 0.271. The highest BCUT2D eigenvalue weighted by molar-refractivity contribution is 8.25. The molecule has 0 aliphatic heterocycles. The predicted molar refractivity (Wildman–Crippen MR) is 85.7 cm³/mol. The first-order chi connectivity index (χ1) is 9.36. The van der Waals surface area contributed by atoms with E-state index in [1.807, 2.05) is 67.6 Å². The van der Waals surface area contributed by atoms with E-state index in [9.17, 15) is 3.89 Å². The lowest BCUT2D eigenvalue weighted by atomic mass is 10.4. The Labute approximate surface area is 119 Å². The molecule has 0 saturated carbocycles. The van der Waals surface area contributed by atoms with Crippen LogP contribution in [0.5, 0.6) is 0 Å². The third-order valence-electron chi connectivity index (χ3n) is 2.58. The molecule has 0 atom stereocenters. The minimum absolute atomic E-state index is 0.271. The molecular formula is C15H15FNPS. The van der Waals surface area contributed by atoms with Crippen LogP contribution in [-0.2, 0) is 0 Å². The SMILES string of the molecule is CC/N=C(\SF)P(c1ccccc1)c1ccccc1. The van der Waals surface area contributed by atoms with E-state index in [0.29, 0.717) is 11.3 Å². The van der Waals surface area contributed by atoms with Crippen molar-refractivity contribution in [3.05, 3.63) is 60.7 Å². The van der Waals surface area contributed by atoms with E-state index in [-0.39, 0.29) is 12.1 Å². The van der Waals surface area contributed by atoms with E-state index < -0.39 is 7.92 Å². The van der Waals surface area contributed by atoms with Gasteiger partial charge in [-0.2, -0.15) is 3.89 Å². The van der Waals surface area contributed by atoms with Crippen molar-refractivity contribution in [3.63, 3.8) is 0 Å². The first kappa shape index (κ1) is 14.2. The molecule has 2 aromatic carbocycles. The fourth-order valence-electron chi connectivity index (χ4n) is 1.79. The van der Waals surface area contributed by atoms with E-state index in [2.05, 4.69) is 4.99 Å².